The first kappa shape index (κ1) is 13.1. The van der Waals surface area contributed by atoms with E-state index in [4.69, 9.17) is 5.11 Å². The van der Waals surface area contributed by atoms with Gasteiger partial charge in [0.05, 0.1) is 0 Å². The topological polar surface area (TPSA) is 49.3 Å². The van der Waals surface area contributed by atoms with E-state index in [1.165, 1.54) is 0 Å². The fourth-order valence-corrected chi connectivity index (χ4v) is 1.59. The molecule has 16 heavy (non-hydrogen) atoms. The molecule has 0 atom stereocenters. The molecule has 0 unspecified atom stereocenters. The van der Waals surface area contributed by atoms with Crippen molar-refractivity contribution < 1.29 is 9.90 Å². The van der Waals surface area contributed by atoms with Crippen LogP contribution in [0.4, 0.5) is 0 Å². The first-order valence-electron chi connectivity index (χ1n) is 5.34. The Morgan fingerprint density at radius 3 is 2.88 bits per heavy atom. The molecular formula is C12H17NO2S. The summed E-state index contributed by atoms with van der Waals surface area (Å²) in [7, 11) is 0. The molecule has 0 aliphatic carbocycles. The minimum atomic E-state index is -0.0775. The highest BCUT2D eigenvalue weighted by atomic mass is 32.1. The average molecular weight is 239 g/mol. The molecule has 1 aromatic rings. The zero-order valence-electron chi connectivity index (χ0n) is 9.36. The van der Waals surface area contributed by atoms with Crippen molar-refractivity contribution in [2.45, 2.75) is 24.7 Å². The number of aryl methyl sites for hydroxylation is 1. The molecular weight excluding hydrogens is 222 g/mol. The number of hydrogen-bond donors (Lipinski definition) is 3. The lowest BCUT2D eigenvalue weighted by molar-refractivity contribution is 0.0951. The molecule has 2 N–H and O–H groups in total. The molecule has 0 aromatic heterocycles. The molecule has 0 aliphatic rings. The summed E-state index contributed by atoms with van der Waals surface area (Å²) in [5.41, 5.74) is 1.61. The Balaban J connectivity index is 2.55. The van der Waals surface area contributed by atoms with E-state index < -0.39 is 0 Å². The summed E-state index contributed by atoms with van der Waals surface area (Å²) >= 11 is 4.21. The van der Waals surface area contributed by atoms with Gasteiger partial charge in [0, 0.05) is 23.6 Å². The summed E-state index contributed by atoms with van der Waals surface area (Å²) < 4.78 is 0. The molecule has 0 saturated heterocycles. The maximum atomic E-state index is 11.8. The lowest BCUT2D eigenvalue weighted by Gasteiger charge is -2.07. The van der Waals surface area contributed by atoms with Gasteiger partial charge in [0.25, 0.3) is 5.91 Å². The van der Waals surface area contributed by atoms with Crippen molar-refractivity contribution in [1.82, 2.24) is 5.32 Å². The second kappa shape index (κ2) is 6.55. The standard InChI is InChI=1S/C12H17NO2S/c1-9-4-5-10(16)8-11(9)12(15)13-6-2-3-7-14/h4-5,8,14,16H,2-3,6-7H2,1H3,(H,13,15). The van der Waals surface area contributed by atoms with Crippen molar-refractivity contribution >= 4 is 18.5 Å². The number of hydrogen-bond acceptors (Lipinski definition) is 3. The molecule has 3 nitrogen and oxygen atoms in total. The lowest BCUT2D eigenvalue weighted by atomic mass is 10.1. The molecule has 1 amide bonds. The predicted octanol–water partition coefficient (Wildman–Crippen LogP) is 1.79. The zero-order valence-corrected chi connectivity index (χ0v) is 10.3. The molecule has 0 spiro atoms. The number of benzene rings is 1. The smallest absolute Gasteiger partial charge is 0.251 e. The van der Waals surface area contributed by atoms with E-state index in [-0.39, 0.29) is 12.5 Å². The van der Waals surface area contributed by atoms with Gasteiger partial charge in [0.2, 0.25) is 0 Å². The molecule has 88 valence electrons. The van der Waals surface area contributed by atoms with Crippen LogP contribution in [-0.4, -0.2) is 24.2 Å². The number of carbonyl (C=O) groups excluding carboxylic acids is 1. The van der Waals surface area contributed by atoms with Gasteiger partial charge in [-0.05, 0) is 37.5 Å². The lowest BCUT2D eigenvalue weighted by Crippen LogP contribution is -2.25. The van der Waals surface area contributed by atoms with Gasteiger partial charge in [-0.15, -0.1) is 12.6 Å². The highest BCUT2D eigenvalue weighted by molar-refractivity contribution is 7.80. The maximum absolute atomic E-state index is 11.8. The van der Waals surface area contributed by atoms with Crippen molar-refractivity contribution in [1.29, 1.82) is 0 Å². The third-order valence-corrected chi connectivity index (χ3v) is 2.61. The SMILES string of the molecule is Cc1ccc(S)cc1C(=O)NCCCCO. The molecule has 0 heterocycles. The Morgan fingerprint density at radius 2 is 2.19 bits per heavy atom. The van der Waals surface area contributed by atoms with Crippen LogP contribution in [0.3, 0.4) is 0 Å². The normalized spacial score (nSPS) is 10.2. The van der Waals surface area contributed by atoms with Crippen LogP contribution in [0.25, 0.3) is 0 Å². The fourth-order valence-electron chi connectivity index (χ4n) is 1.39. The number of rotatable bonds is 5. The van der Waals surface area contributed by atoms with Crippen LogP contribution in [0.1, 0.15) is 28.8 Å². The number of nitrogens with one attached hydrogen (secondary N) is 1. The Kier molecular flexibility index (Phi) is 5.35. The minimum Gasteiger partial charge on any atom is -0.396 e. The highest BCUT2D eigenvalue weighted by Gasteiger charge is 2.08. The first-order valence-corrected chi connectivity index (χ1v) is 5.78. The number of carbonyl (C=O) groups is 1. The molecule has 4 heteroatoms. The summed E-state index contributed by atoms with van der Waals surface area (Å²) in [6, 6.07) is 5.51. The Hall–Kier alpha value is -1.00. The average Bonchev–Trinajstić information content (AvgIpc) is 2.27. The van der Waals surface area contributed by atoms with Crippen LogP contribution >= 0.6 is 12.6 Å². The number of aliphatic hydroxyl groups excluding tert-OH is 1. The Bertz CT molecular complexity index is 366. The molecule has 1 aromatic carbocycles. The Morgan fingerprint density at radius 1 is 1.44 bits per heavy atom. The van der Waals surface area contributed by atoms with Crippen LogP contribution in [-0.2, 0) is 0 Å². The van der Waals surface area contributed by atoms with Crippen molar-refractivity contribution in [3.05, 3.63) is 29.3 Å². The zero-order chi connectivity index (χ0) is 12.0. The van der Waals surface area contributed by atoms with E-state index in [2.05, 4.69) is 17.9 Å². The van der Waals surface area contributed by atoms with Gasteiger partial charge >= 0.3 is 0 Å². The predicted molar refractivity (Wildman–Crippen MR) is 67.1 cm³/mol. The van der Waals surface area contributed by atoms with Gasteiger partial charge in [-0.2, -0.15) is 0 Å². The van der Waals surface area contributed by atoms with Crippen molar-refractivity contribution in [3.63, 3.8) is 0 Å². The van der Waals surface area contributed by atoms with Crippen molar-refractivity contribution in [2.24, 2.45) is 0 Å². The summed E-state index contributed by atoms with van der Waals surface area (Å²) in [5.74, 6) is -0.0775. The van der Waals surface area contributed by atoms with E-state index in [9.17, 15) is 4.79 Å². The second-order valence-electron chi connectivity index (χ2n) is 3.69. The fraction of sp³-hybridized carbons (Fsp3) is 0.417. The minimum absolute atomic E-state index is 0.0775. The van der Waals surface area contributed by atoms with Crippen LogP contribution < -0.4 is 5.32 Å². The second-order valence-corrected chi connectivity index (χ2v) is 4.20. The number of unbranched alkanes of at least 4 members (excludes halogenated alkanes) is 1. The monoisotopic (exact) mass is 239 g/mol. The summed E-state index contributed by atoms with van der Waals surface area (Å²) in [4.78, 5) is 12.6. The number of amides is 1. The van der Waals surface area contributed by atoms with Crippen LogP contribution in [0.15, 0.2) is 23.1 Å². The van der Waals surface area contributed by atoms with Crippen LogP contribution in [0.2, 0.25) is 0 Å². The highest BCUT2D eigenvalue weighted by Crippen LogP contribution is 2.13. The van der Waals surface area contributed by atoms with E-state index >= 15 is 0 Å². The summed E-state index contributed by atoms with van der Waals surface area (Å²) in [6.45, 7) is 2.66. The molecule has 0 bridgehead atoms. The molecule has 0 aliphatic heterocycles. The maximum Gasteiger partial charge on any atom is 0.251 e. The summed E-state index contributed by atoms with van der Waals surface area (Å²) in [6.07, 6.45) is 1.51. The van der Waals surface area contributed by atoms with Crippen LogP contribution in [0, 0.1) is 6.92 Å². The van der Waals surface area contributed by atoms with Crippen molar-refractivity contribution in [3.8, 4) is 0 Å². The summed E-state index contributed by atoms with van der Waals surface area (Å²) in [5, 5.41) is 11.4. The van der Waals surface area contributed by atoms with Gasteiger partial charge in [0.1, 0.15) is 0 Å². The molecule has 1 rings (SSSR count). The van der Waals surface area contributed by atoms with Gasteiger partial charge in [0.15, 0.2) is 0 Å². The largest absolute Gasteiger partial charge is 0.396 e. The Labute approximate surface area is 101 Å². The van der Waals surface area contributed by atoms with E-state index in [1.54, 1.807) is 6.07 Å². The van der Waals surface area contributed by atoms with Crippen LogP contribution in [0.5, 0.6) is 0 Å². The van der Waals surface area contributed by atoms with Gasteiger partial charge < -0.3 is 10.4 Å². The van der Waals surface area contributed by atoms with Gasteiger partial charge in [-0.25, -0.2) is 0 Å². The van der Waals surface area contributed by atoms with E-state index in [0.29, 0.717) is 18.5 Å². The quantitative estimate of drug-likeness (QED) is 0.542. The first-order chi connectivity index (χ1) is 7.65. The van der Waals surface area contributed by atoms with Gasteiger partial charge in [-0.1, -0.05) is 6.07 Å². The molecule has 0 fully saturated rings. The molecule has 0 saturated carbocycles. The third-order valence-electron chi connectivity index (χ3n) is 2.34. The number of aliphatic hydroxyl groups is 1. The third kappa shape index (κ3) is 3.87. The van der Waals surface area contributed by atoms with E-state index in [0.717, 1.165) is 16.9 Å². The van der Waals surface area contributed by atoms with E-state index in [1.807, 2.05) is 19.1 Å². The van der Waals surface area contributed by atoms with Crippen molar-refractivity contribution in [2.75, 3.05) is 13.2 Å². The van der Waals surface area contributed by atoms with Gasteiger partial charge in [-0.3, -0.25) is 4.79 Å². The number of thiol groups is 1. The molecule has 0 radical (unpaired) electrons.